The molecule has 17 heavy (non-hydrogen) atoms. The molecule has 0 aliphatic heterocycles. The van der Waals surface area contributed by atoms with Gasteiger partial charge in [0.1, 0.15) is 10.4 Å². The van der Waals surface area contributed by atoms with Crippen molar-refractivity contribution in [1.82, 2.24) is 9.69 Å². The predicted octanol–water partition coefficient (Wildman–Crippen LogP) is 1.63. The molecule has 5 nitrogen and oxygen atoms in total. The topological polar surface area (TPSA) is 68.3 Å². The van der Waals surface area contributed by atoms with Crippen molar-refractivity contribution < 1.29 is 14.3 Å². The van der Waals surface area contributed by atoms with E-state index in [9.17, 15) is 9.59 Å². The molecular formula is C11H16N2O3S. The van der Waals surface area contributed by atoms with Gasteiger partial charge in [-0.3, -0.25) is 4.79 Å². The number of nitrogens with zero attached hydrogens (tertiary/aromatic N) is 1. The number of amides is 1. The van der Waals surface area contributed by atoms with Crippen LogP contribution in [0.5, 0.6) is 0 Å². The first-order chi connectivity index (χ1) is 8.01. The van der Waals surface area contributed by atoms with Gasteiger partial charge in [0.25, 0.3) is 5.91 Å². The van der Waals surface area contributed by atoms with Crippen LogP contribution in [0.4, 0.5) is 0 Å². The highest BCUT2D eigenvalue weighted by molar-refractivity contribution is 7.08. The van der Waals surface area contributed by atoms with Crippen LogP contribution in [-0.4, -0.2) is 29.4 Å². The first kappa shape index (κ1) is 13.6. The molecule has 0 aliphatic carbocycles. The number of ether oxygens (including phenoxy) is 1. The van der Waals surface area contributed by atoms with E-state index in [1.54, 1.807) is 0 Å². The van der Waals surface area contributed by atoms with Gasteiger partial charge in [-0.25, -0.2) is 4.79 Å². The molecule has 0 bridgehead atoms. The number of carbonyl (C=O) groups is 2. The number of hydrogen-bond donors (Lipinski definition) is 1. The molecule has 0 atom stereocenters. The number of methoxy groups -OCH3 is 1. The van der Waals surface area contributed by atoms with Crippen LogP contribution in [0.25, 0.3) is 0 Å². The van der Waals surface area contributed by atoms with E-state index < -0.39 is 5.97 Å². The van der Waals surface area contributed by atoms with E-state index in [4.69, 9.17) is 0 Å². The van der Waals surface area contributed by atoms with Crippen LogP contribution >= 0.6 is 11.5 Å². The van der Waals surface area contributed by atoms with E-state index >= 15 is 0 Å². The fourth-order valence-electron chi connectivity index (χ4n) is 1.36. The van der Waals surface area contributed by atoms with E-state index in [-0.39, 0.29) is 17.5 Å². The highest BCUT2D eigenvalue weighted by Crippen LogP contribution is 2.20. The molecule has 1 aromatic heterocycles. The molecule has 94 valence electrons. The Labute approximate surface area is 104 Å². The predicted molar refractivity (Wildman–Crippen MR) is 65.4 cm³/mol. The van der Waals surface area contributed by atoms with Crippen molar-refractivity contribution in [2.45, 2.75) is 33.2 Å². The summed E-state index contributed by atoms with van der Waals surface area (Å²) in [6.07, 6.45) is 0.593. The van der Waals surface area contributed by atoms with E-state index in [2.05, 4.69) is 14.4 Å². The third-order valence-electron chi connectivity index (χ3n) is 2.11. The van der Waals surface area contributed by atoms with Crippen molar-refractivity contribution in [2.75, 3.05) is 7.11 Å². The number of hydrogen-bond acceptors (Lipinski definition) is 5. The number of aromatic nitrogens is 1. The van der Waals surface area contributed by atoms with Gasteiger partial charge < -0.3 is 10.1 Å². The first-order valence-electron chi connectivity index (χ1n) is 5.38. The third-order valence-corrected chi connectivity index (χ3v) is 3.00. The summed E-state index contributed by atoms with van der Waals surface area (Å²) in [5.74, 6) is -0.790. The Balaban J connectivity index is 3.11. The second-order valence-electron chi connectivity index (χ2n) is 3.81. The quantitative estimate of drug-likeness (QED) is 0.831. The van der Waals surface area contributed by atoms with Crippen molar-refractivity contribution in [1.29, 1.82) is 0 Å². The van der Waals surface area contributed by atoms with E-state index in [0.29, 0.717) is 17.0 Å². The summed E-state index contributed by atoms with van der Waals surface area (Å²) < 4.78 is 8.79. The van der Waals surface area contributed by atoms with Gasteiger partial charge in [0, 0.05) is 6.04 Å². The minimum atomic E-state index is -0.510. The Kier molecular flexibility index (Phi) is 4.62. The highest BCUT2D eigenvalue weighted by atomic mass is 32.1. The largest absolute Gasteiger partial charge is 0.465 e. The second kappa shape index (κ2) is 5.77. The molecule has 1 heterocycles. The lowest BCUT2D eigenvalue weighted by Crippen LogP contribution is -2.30. The molecule has 0 spiro atoms. The maximum atomic E-state index is 11.9. The molecule has 1 rings (SSSR count). The lowest BCUT2D eigenvalue weighted by Gasteiger charge is -2.07. The zero-order chi connectivity index (χ0) is 13.0. The Morgan fingerprint density at radius 2 is 2.12 bits per heavy atom. The second-order valence-corrected chi connectivity index (χ2v) is 4.58. The molecule has 0 aromatic carbocycles. The zero-order valence-corrected chi connectivity index (χ0v) is 11.2. The summed E-state index contributed by atoms with van der Waals surface area (Å²) in [4.78, 5) is 23.8. The average molecular weight is 256 g/mol. The molecule has 0 aliphatic rings. The van der Waals surface area contributed by atoms with Gasteiger partial charge in [-0.15, -0.1) is 0 Å². The van der Waals surface area contributed by atoms with Crippen LogP contribution in [0.2, 0.25) is 0 Å². The van der Waals surface area contributed by atoms with Crippen LogP contribution in [0.3, 0.4) is 0 Å². The monoisotopic (exact) mass is 256 g/mol. The maximum absolute atomic E-state index is 11.9. The number of nitrogens with one attached hydrogen (secondary N) is 1. The summed E-state index contributed by atoms with van der Waals surface area (Å²) in [5.41, 5.74) is 0.897. The van der Waals surface area contributed by atoms with E-state index in [1.165, 1.54) is 7.11 Å². The first-order valence-corrected chi connectivity index (χ1v) is 6.16. The van der Waals surface area contributed by atoms with Crippen molar-refractivity contribution in [3.63, 3.8) is 0 Å². The molecule has 1 aromatic rings. The number of carbonyl (C=O) groups excluding carboxylic acids is 2. The van der Waals surface area contributed by atoms with Gasteiger partial charge in [0.2, 0.25) is 0 Å². The van der Waals surface area contributed by atoms with E-state index in [1.807, 2.05) is 20.8 Å². The SMILES string of the molecule is CCc1nsc(C(=O)NC(C)C)c1C(=O)OC. The van der Waals surface area contributed by atoms with Crippen LogP contribution in [0.15, 0.2) is 0 Å². The van der Waals surface area contributed by atoms with Crippen LogP contribution in [0, 0.1) is 0 Å². The lowest BCUT2D eigenvalue weighted by atomic mass is 10.1. The fraction of sp³-hybridized carbons (Fsp3) is 0.545. The average Bonchev–Trinajstić information content (AvgIpc) is 2.70. The molecule has 0 radical (unpaired) electrons. The summed E-state index contributed by atoms with van der Waals surface area (Å²) in [6, 6.07) is 0.0140. The van der Waals surface area contributed by atoms with Gasteiger partial charge in [0.15, 0.2) is 0 Å². The minimum absolute atomic E-state index is 0.0140. The molecule has 0 fully saturated rings. The van der Waals surface area contributed by atoms with Crippen molar-refractivity contribution >= 4 is 23.4 Å². The van der Waals surface area contributed by atoms with Gasteiger partial charge in [-0.2, -0.15) is 4.37 Å². The van der Waals surface area contributed by atoms with Crippen LogP contribution in [0.1, 0.15) is 46.5 Å². The number of aryl methyl sites for hydroxylation is 1. The van der Waals surface area contributed by atoms with Gasteiger partial charge in [-0.05, 0) is 31.8 Å². The van der Waals surface area contributed by atoms with Gasteiger partial charge >= 0.3 is 5.97 Å². The molecule has 1 N–H and O–H groups in total. The van der Waals surface area contributed by atoms with Crippen molar-refractivity contribution in [2.24, 2.45) is 0 Å². The van der Waals surface area contributed by atoms with Crippen molar-refractivity contribution in [3.05, 3.63) is 16.1 Å². The van der Waals surface area contributed by atoms with Crippen molar-refractivity contribution in [3.8, 4) is 0 Å². The Morgan fingerprint density at radius 1 is 1.47 bits per heavy atom. The highest BCUT2D eigenvalue weighted by Gasteiger charge is 2.25. The molecule has 1 amide bonds. The van der Waals surface area contributed by atoms with Crippen LogP contribution < -0.4 is 5.32 Å². The zero-order valence-electron chi connectivity index (χ0n) is 10.4. The maximum Gasteiger partial charge on any atom is 0.341 e. The summed E-state index contributed by atoms with van der Waals surface area (Å²) in [6.45, 7) is 5.60. The Bertz CT molecular complexity index is 426. The normalized spacial score (nSPS) is 10.4. The van der Waals surface area contributed by atoms with Gasteiger partial charge in [-0.1, -0.05) is 6.92 Å². The minimum Gasteiger partial charge on any atom is -0.465 e. The smallest absolute Gasteiger partial charge is 0.341 e. The summed E-state index contributed by atoms with van der Waals surface area (Å²) in [5, 5.41) is 2.74. The Morgan fingerprint density at radius 3 is 2.59 bits per heavy atom. The molecule has 0 saturated carbocycles. The molecule has 0 saturated heterocycles. The molecular weight excluding hydrogens is 240 g/mol. The van der Waals surface area contributed by atoms with Crippen LogP contribution in [-0.2, 0) is 11.2 Å². The number of rotatable bonds is 4. The summed E-state index contributed by atoms with van der Waals surface area (Å²) >= 11 is 1.03. The number of esters is 1. The Hall–Kier alpha value is -1.43. The standard InChI is InChI=1S/C11H16N2O3S/c1-5-7-8(11(15)16-4)9(17-13-7)10(14)12-6(2)3/h6H,5H2,1-4H3,(H,12,14). The summed E-state index contributed by atoms with van der Waals surface area (Å²) in [7, 11) is 1.30. The van der Waals surface area contributed by atoms with E-state index in [0.717, 1.165) is 11.5 Å². The fourth-order valence-corrected chi connectivity index (χ4v) is 2.22. The lowest BCUT2D eigenvalue weighted by molar-refractivity contribution is 0.0595. The third kappa shape index (κ3) is 3.03. The van der Waals surface area contributed by atoms with Gasteiger partial charge in [0.05, 0.1) is 12.8 Å². The molecule has 6 heteroatoms. The molecule has 0 unspecified atom stereocenters.